The summed E-state index contributed by atoms with van der Waals surface area (Å²) in [7, 11) is 0. The number of benzene rings is 1. The Labute approximate surface area is 113 Å². The lowest BCUT2D eigenvalue weighted by Crippen LogP contribution is -2.31. The number of hydrogen-bond acceptors (Lipinski definition) is 2. The van der Waals surface area contributed by atoms with Crippen LogP contribution in [0.4, 0.5) is 0 Å². The van der Waals surface area contributed by atoms with E-state index in [0.717, 1.165) is 42.1 Å². The van der Waals surface area contributed by atoms with Crippen LogP contribution in [-0.2, 0) is 0 Å². The number of hydrogen-bond donors (Lipinski definition) is 1. The molecular formula is C13H17Cl2NO. The molecule has 0 aromatic heterocycles. The number of aryl methyl sites for hydroxylation is 1. The minimum atomic E-state index is 0. The summed E-state index contributed by atoms with van der Waals surface area (Å²) in [4.78, 5) is 12.2. The largest absolute Gasteiger partial charge is 0.317 e. The van der Waals surface area contributed by atoms with Crippen LogP contribution in [0.2, 0.25) is 5.02 Å². The van der Waals surface area contributed by atoms with Crippen molar-refractivity contribution in [3.05, 3.63) is 34.3 Å². The number of nitrogens with one attached hydrogen (secondary N) is 1. The van der Waals surface area contributed by atoms with Crippen LogP contribution in [0.1, 0.15) is 28.8 Å². The zero-order chi connectivity index (χ0) is 11.5. The summed E-state index contributed by atoms with van der Waals surface area (Å²) in [5.74, 6) is 0.447. The van der Waals surface area contributed by atoms with Crippen molar-refractivity contribution >= 4 is 29.8 Å². The van der Waals surface area contributed by atoms with Crippen molar-refractivity contribution in [3.63, 3.8) is 0 Å². The van der Waals surface area contributed by atoms with Crippen molar-refractivity contribution in [2.24, 2.45) is 5.92 Å². The monoisotopic (exact) mass is 273 g/mol. The van der Waals surface area contributed by atoms with Gasteiger partial charge in [-0.25, -0.2) is 0 Å². The topological polar surface area (TPSA) is 29.1 Å². The molecule has 1 aliphatic rings. The summed E-state index contributed by atoms with van der Waals surface area (Å²) in [6.45, 7) is 3.83. The van der Waals surface area contributed by atoms with Crippen molar-refractivity contribution in [3.8, 4) is 0 Å². The number of piperidine rings is 1. The van der Waals surface area contributed by atoms with Gasteiger partial charge in [-0.05, 0) is 56.6 Å². The highest BCUT2D eigenvalue weighted by molar-refractivity contribution is 6.31. The molecule has 1 N–H and O–H groups in total. The molecule has 0 amide bonds. The quantitative estimate of drug-likeness (QED) is 0.839. The van der Waals surface area contributed by atoms with Crippen molar-refractivity contribution in [1.82, 2.24) is 5.32 Å². The third-order valence-electron chi connectivity index (χ3n) is 3.15. The average molecular weight is 274 g/mol. The second-order valence-electron chi connectivity index (χ2n) is 4.35. The summed E-state index contributed by atoms with van der Waals surface area (Å²) < 4.78 is 0. The predicted molar refractivity (Wildman–Crippen MR) is 73.4 cm³/mol. The molecule has 2 nitrogen and oxygen atoms in total. The minimum Gasteiger partial charge on any atom is -0.317 e. The van der Waals surface area contributed by atoms with E-state index in [0.29, 0.717) is 0 Å². The molecule has 1 saturated heterocycles. The van der Waals surface area contributed by atoms with E-state index in [9.17, 15) is 4.79 Å². The van der Waals surface area contributed by atoms with E-state index in [1.807, 2.05) is 25.1 Å². The van der Waals surface area contributed by atoms with Crippen LogP contribution < -0.4 is 5.32 Å². The maximum absolute atomic E-state index is 12.2. The fraction of sp³-hybridized carbons (Fsp3) is 0.462. The second-order valence-corrected chi connectivity index (χ2v) is 4.76. The predicted octanol–water partition coefficient (Wildman–Crippen LogP) is 3.25. The molecule has 0 unspecified atom stereocenters. The Bertz CT molecular complexity index is 400. The Kier molecular flexibility index (Phi) is 5.44. The molecule has 0 atom stereocenters. The second kappa shape index (κ2) is 6.39. The van der Waals surface area contributed by atoms with E-state index in [2.05, 4.69) is 5.32 Å². The fourth-order valence-corrected chi connectivity index (χ4v) is 2.24. The number of rotatable bonds is 2. The number of carbonyl (C=O) groups is 1. The summed E-state index contributed by atoms with van der Waals surface area (Å²) in [6.07, 6.45) is 1.89. The fourth-order valence-electron chi connectivity index (χ4n) is 2.12. The van der Waals surface area contributed by atoms with Crippen LogP contribution in [0.25, 0.3) is 0 Å². The first kappa shape index (κ1) is 14.5. The Morgan fingerprint density at radius 2 is 2.00 bits per heavy atom. The van der Waals surface area contributed by atoms with Gasteiger partial charge in [0.2, 0.25) is 0 Å². The Hall–Kier alpha value is -0.570. The lowest BCUT2D eigenvalue weighted by molar-refractivity contribution is 0.0895. The van der Waals surface area contributed by atoms with Crippen LogP contribution in [0.5, 0.6) is 0 Å². The van der Waals surface area contributed by atoms with Gasteiger partial charge in [0.05, 0.1) is 0 Å². The third-order valence-corrected chi connectivity index (χ3v) is 3.58. The molecule has 1 fully saturated rings. The van der Waals surface area contributed by atoms with Gasteiger partial charge in [-0.2, -0.15) is 0 Å². The standard InChI is InChI=1S/C13H16ClNO.ClH/c1-9-8-11(2-3-12(9)14)13(16)10-4-6-15-7-5-10;/h2-3,8,10,15H,4-7H2,1H3;1H. The molecular weight excluding hydrogens is 257 g/mol. The normalized spacial score (nSPS) is 16.4. The van der Waals surface area contributed by atoms with Gasteiger partial charge in [0, 0.05) is 16.5 Å². The molecule has 1 heterocycles. The third kappa shape index (κ3) is 3.44. The molecule has 0 saturated carbocycles. The maximum Gasteiger partial charge on any atom is 0.166 e. The van der Waals surface area contributed by atoms with Gasteiger partial charge in [0.25, 0.3) is 0 Å². The maximum atomic E-state index is 12.2. The van der Waals surface area contributed by atoms with Crippen LogP contribution in [0, 0.1) is 12.8 Å². The highest BCUT2D eigenvalue weighted by Crippen LogP contribution is 2.22. The zero-order valence-electron chi connectivity index (χ0n) is 9.83. The van der Waals surface area contributed by atoms with Gasteiger partial charge in [0.15, 0.2) is 5.78 Å². The molecule has 0 aliphatic carbocycles. The summed E-state index contributed by atoms with van der Waals surface area (Å²) in [6, 6.07) is 5.54. The van der Waals surface area contributed by atoms with Gasteiger partial charge < -0.3 is 5.32 Å². The van der Waals surface area contributed by atoms with Crippen molar-refractivity contribution in [2.75, 3.05) is 13.1 Å². The highest BCUT2D eigenvalue weighted by atomic mass is 35.5. The van der Waals surface area contributed by atoms with E-state index in [-0.39, 0.29) is 24.1 Å². The van der Waals surface area contributed by atoms with Crippen LogP contribution in [0.3, 0.4) is 0 Å². The van der Waals surface area contributed by atoms with E-state index in [4.69, 9.17) is 11.6 Å². The molecule has 17 heavy (non-hydrogen) atoms. The summed E-state index contributed by atoms with van der Waals surface area (Å²) in [5, 5.41) is 3.99. The first-order valence-electron chi connectivity index (χ1n) is 5.69. The van der Waals surface area contributed by atoms with Gasteiger partial charge >= 0.3 is 0 Å². The molecule has 2 rings (SSSR count). The molecule has 0 bridgehead atoms. The minimum absolute atomic E-state index is 0. The molecule has 1 aromatic rings. The van der Waals surface area contributed by atoms with Crippen LogP contribution in [-0.4, -0.2) is 18.9 Å². The highest BCUT2D eigenvalue weighted by Gasteiger charge is 2.22. The molecule has 94 valence electrons. The molecule has 0 spiro atoms. The van der Waals surface area contributed by atoms with E-state index < -0.39 is 0 Å². The average Bonchev–Trinajstić information content (AvgIpc) is 2.33. The molecule has 0 radical (unpaired) electrons. The zero-order valence-corrected chi connectivity index (χ0v) is 11.4. The molecule has 1 aromatic carbocycles. The van der Waals surface area contributed by atoms with E-state index >= 15 is 0 Å². The first-order valence-corrected chi connectivity index (χ1v) is 6.07. The summed E-state index contributed by atoms with van der Waals surface area (Å²) in [5.41, 5.74) is 1.77. The van der Waals surface area contributed by atoms with Crippen LogP contribution in [0.15, 0.2) is 18.2 Å². The first-order chi connectivity index (χ1) is 7.68. The smallest absolute Gasteiger partial charge is 0.166 e. The van der Waals surface area contributed by atoms with E-state index in [1.165, 1.54) is 0 Å². The number of halogens is 2. The van der Waals surface area contributed by atoms with E-state index in [1.54, 1.807) is 0 Å². The Balaban J connectivity index is 0.00000144. The molecule has 4 heteroatoms. The van der Waals surface area contributed by atoms with Crippen molar-refractivity contribution in [2.45, 2.75) is 19.8 Å². The summed E-state index contributed by atoms with van der Waals surface area (Å²) >= 11 is 5.95. The Morgan fingerprint density at radius 3 is 2.59 bits per heavy atom. The SMILES string of the molecule is Cc1cc(C(=O)C2CCNCC2)ccc1Cl.Cl. The van der Waals surface area contributed by atoms with Gasteiger partial charge in [-0.1, -0.05) is 11.6 Å². The van der Waals surface area contributed by atoms with Crippen molar-refractivity contribution < 1.29 is 4.79 Å². The van der Waals surface area contributed by atoms with Gasteiger partial charge in [-0.3, -0.25) is 4.79 Å². The number of Topliss-reactive ketones (excluding diaryl/α,β-unsaturated/α-hetero) is 1. The number of ketones is 1. The van der Waals surface area contributed by atoms with Gasteiger partial charge in [-0.15, -0.1) is 12.4 Å². The Morgan fingerprint density at radius 1 is 1.35 bits per heavy atom. The molecule has 1 aliphatic heterocycles. The van der Waals surface area contributed by atoms with Gasteiger partial charge in [0.1, 0.15) is 0 Å². The van der Waals surface area contributed by atoms with Crippen molar-refractivity contribution in [1.29, 1.82) is 0 Å². The number of carbonyl (C=O) groups excluding carboxylic acids is 1. The van der Waals surface area contributed by atoms with Crippen LogP contribution >= 0.6 is 24.0 Å². The lowest BCUT2D eigenvalue weighted by atomic mass is 9.89. The lowest BCUT2D eigenvalue weighted by Gasteiger charge is -2.21.